The molecule has 2 aliphatic rings. The second-order valence-electron chi connectivity index (χ2n) is 5.29. The SMILES string of the molecule is O=C(CC(C[N+](=O)[O-])C(F)(F)F)C1=CC2C=CC=CC2C=C1. The molecule has 0 radical (unpaired) electrons. The average molecular weight is 313 g/mol. The van der Waals surface area contributed by atoms with E-state index in [1.807, 2.05) is 24.3 Å². The minimum Gasteiger partial charge on any atom is -0.294 e. The van der Waals surface area contributed by atoms with E-state index in [2.05, 4.69) is 0 Å². The number of allylic oxidation sites excluding steroid dienone is 8. The summed E-state index contributed by atoms with van der Waals surface area (Å²) in [7, 11) is 0. The van der Waals surface area contributed by atoms with Crippen LogP contribution >= 0.6 is 0 Å². The molecule has 3 unspecified atom stereocenters. The average Bonchev–Trinajstić information content (AvgIpc) is 2.44. The summed E-state index contributed by atoms with van der Waals surface area (Å²) < 4.78 is 38.3. The van der Waals surface area contributed by atoms with Crippen LogP contribution in [0.2, 0.25) is 0 Å². The van der Waals surface area contributed by atoms with E-state index in [0.29, 0.717) is 0 Å². The molecule has 4 nitrogen and oxygen atoms in total. The summed E-state index contributed by atoms with van der Waals surface area (Å²) in [5, 5.41) is 10.4. The van der Waals surface area contributed by atoms with E-state index in [0.717, 1.165) is 0 Å². The first-order valence-corrected chi connectivity index (χ1v) is 6.74. The third-order valence-corrected chi connectivity index (χ3v) is 3.68. The van der Waals surface area contributed by atoms with Crippen LogP contribution in [-0.4, -0.2) is 23.4 Å². The third kappa shape index (κ3) is 3.93. The first kappa shape index (κ1) is 16.2. The lowest BCUT2D eigenvalue weighted by Gasteiger charge is -2.23. The molecule has 0 fully saturated rings. The summed E-state index contributed by atoms with van der Waals surface area (Å²) in [5.74, 6) is -2.95. The zero-order valence-corrected chi connectivity index (χ0v) is 11.5. The molecule has 0 saturated heterocycles. The maximum Gasteiger partial charge on any atom is 0.398 e. The summed E-state index contributed by atoms with van der Waals surface area (Å²) in [5.41, 5.74) is 0.179. The van der Waals surface area contributed by atoms with Crippen LogP contribution in [-0.2, 0) is 4.79 Å². The summed E-state index contributed by atoms with van der Waals surface area (Å²) in [4.78, 5) is 21.3. The molecule has 7 heteroatoms. The summed E-state index contributed by atoms with van der Waals surface area (Å²) in [6.45, 7) is -1.29. The fourth-order valence-electron chi connectivity index (χ4n) is 2.47. The van der Waals surface area contributed by atoms with Crippen molar-refractivity contribution in [3.63, 3.8) is 0 Å². The summed E-state index contributed by atoms with van der Waals surface area (Å²) in [6, 6.07) is 0. The fourth-order valence-corrected chi connectivity index (χ4v) is 2.47. The van der Waals surface area contributed by atoms with Crippen LogP contribution < -0.4 is 0 Å². The largest absolute Gasteiger partial charge is 0.398 e. The van der Waals surface area contributed by atoms with Gasteiger partial charge in [-0.05, 0) is 0 Å². The highest BCUT2D eigenvalue weighted by Crippen LogP contribution is 2.32. The Bertz CT molecular complexity index is 587. The van der Waals surface area contributed by atoms with Gasteiger partial charge in [-0.1, -0.05) is 42.5 Å². The molecule has 0 spiro atoms. The smallest absolute Gasteiger partial charge is 0.294 e. The molecule has 0 N–H and O–H groups in total. The Morgan fingerprint density at radius 3 is 2.45 bits per heavy atom. The van der Waals surface area contributed by atoms with Gasteiger partial charge in [-0.3, -0.25) is 14.9 Å². The van der Waals surface area contributed by atoms with Gasteiger partial charge in [-0.2, -0.15) is 13.2 Å². The predicted octanol–water partition coefficient (Wildman–Crippen LogP) is 3.26. The van der Waals surface area contributed by atoms with Crippen LogP contribution in [0.5, 0.6) is 0 Å². The number of fused-ring (bicyclic) bond motifs is 1. The molecule has 0 bridgehead atoms. The van der Waals surface area contributed by atoms with Crippen LogP contribution in [0.25, 0.3) is 0 Å². The Morgan fingerprint density at radius 1 is 1.23 bits per heavy atom. The highest BCUT2D eigenvalue weighted by molar-refractivity contribution is 5.98. The molecule has 0 aliphatic heterocycles. The van der Waals surface area contributed by atoms with Crippen molar-refractivity contribution in [3.05, 3.63) is 58.2 Å². The van der Waals surface area contributed by atoms with Crippen LogP contribution in [0.15, 0.2) is 48.1 Å². The van der Waals surface area contributed by atoms with Gasteiger partial charge in [0.15, 0.2) is 5.78 Å². The number of hydrogen-bond acceptors (Lipinski definition) is 3. The number of ketones is 1. The van der Waals surface area contributed by atoms with Crippen molar-refractivity contribution in [2.75, 3.05) is 6.54 Å². The van der Waals surface area contributed by atoms with Gasteiger partial charge in [0.2, 0.25) is 6.54 Å². The van der Waals surface area contributed by atoms with Gasteiger partial charge >= 0.3 is 6.18 Å². The van der Waals surface area contributed by atoms with Crippen molar-refractivity contribution in [1.82, 2.24) is 0 Å². The van der Waals surface area contributed by atoms with Gasteiger partial charge in [-0.15, -0.1) is 0 Å². The minimum absolute atomic E-state index is 0.0613. The van der Waals surface area contributed by atoms with Crippen molar-refractivity contribution in [1.29, 1.82) is 0 Å². The van der Waals surface area contributed by atoms with E-state index in [1.54, 1.807) is 12.2 Å². The molecule has 0 amide bonds. The van der Waals surface area contributed by atoms with Gasteiger partial charge < -0.3 is 0 Å². The lowest BCUT2D eigenvalue weighted by Crippen LogP contribution is -2.32. The molecule has 22 heavy (non-hydrogen) atoms. The second-order valence-corrected chi connectivity index (χ2v) is 5.29. The number of halogens is 3. The molecule has 118 valence electrons. The summed E-state index contributed by atoms with van der Waals surface area (Å²) >= 11 is 0. The molecule has 0 heterocycles. The predicted molar refractivity (Wildman–Crippen MR) is 73.5 cm³/mol. The van der Waals surface area contributed by atoms with E-state index < -0.39 is 35.8 Å². The number of carbonyl (C=O) groups excluding carboxylic acids is 1. The Balaban J connectivity index is 2.09. The number of carbonyl (C=O) groups is 1. The van der Waals surface area contributed by atoms with E-state index in [4.69, 9.17) is 0 Å². The standard InChI is InChI=1S/C15H14F3NO3/c16-15(17,18)13(9-19(21)22)8-14(20)12-6-5-10-3-1-2-4-11(10)7-12/h1-7,10-11,13H,8-9H2. The van der Waals surface area contributed by atoms with Crippen LogP contribution in [0.1, 0.15) is 6.42 Å². The van der Waals surface area contributed by atoms with E-state index in [9.17, 15) is 28.1 Å². The Kier molecular flexibility index (Phi) is 4.63. The first-order valence-electron chi connectivity index (χ1n) is 6.74. The van der Waals surface area contributed by atoms with Crippen molar-refractivity contribution in [2.45, 2.75) is 12.6 Å². The molecule has 0 saturated carbocycles. The molecule has 0 aromatic rings. The number of alkyl halides is 3. The van der Waals surface area contributed by atoms with Crippen molar-refractivity contribution in [2.24, 2.45) is 17.8 Å². The second kappa shape index (κ2) is 6.29. The van der Waals surface area contributed by atoms with Crippen LogP contribution in [0.3, 0.4) is 0 Å². The van der Waals surface area contributed by atoms with Crippen LogP contribution in [0.4, 0.5) is 13.2 Å². The Hall–Kier alpha value is -2.18. The van der Waals surface area contributed by atoms with E-state index in [1.165, 1.54) is 6.08 Å². The van der Waals surface area contributed by atoms with Crippen molar-refractivity contribution < 1.29 is 22.9 Å². The van der Waals surface area contributed by atoms with Gasteiger partial charge in [-0.25, -0.2) is 0 Å². The number of hydrogen-bond donors (Lipinski definition) is 0. The van der Waals surface area contributed by atoms with Gasteiger partial charge in [0.1, 0.15) is 5.92 Å². The highest BCUT2D eigenvalue weighted by Gasteiger charge is 2.44. The van der Waals surface area contributed by atoms with Gasteiger partial charge in [0.05, 0.1) is 0 Å². The Labute approximate surface area is 124 Å². The number of rotatable bonds is 5. The molecule has 0 aromatic heterocycles. The van der Waals surface area contributed by atoms with Gasteiger partial charge in [0.25, 0.3) is 0 Å². The van der Waals surface area contributed by atoms with E-state index >= 15 is 0 Å². The highest BCUT2D eigenvalue weighted by atomic mass is 19.4. The zero-order chi connectivity index (χ0) is 16.3. The fraction of sp³-hybridized carbons (Fsp3) is 0.400. The Morgan fingerprint density at radius 2 is 1.86 bits per heavy atom. The normalized spacial score (nSPS) is 24.6. The maximum atomic E-state index is 12.8. The van der Waals surface area contributed by atoms with Crippen molar-refractivity contribution in [3.8, 4) is 0 Å². The quantitative estimate of drug-likeness (QED) is 0.578. The molecule has 2 rings (SSSR count). The first-order chi connectivity index (χ1) is 10.3. The van der Waals surface area contributed by atoms with Gasteiger partial charge in [0, 0.05) is 28.8 Å². The molecular formula is C15H14F3NO3. The van der Waals surface area contributed by atoms with E-state index in [-0.39, 0.29) is 17.4 Å². The summed E-state index contributed by atoms with van der Waals surface area (Å²) in [6.07, 6.45) is 6.67. The zero-order valence-electron chi connectivity index (χ0n) is 11.5. The molecule has 3 atom stereocenters. The molecule has 2 aliphatic carbocycles. The van der Waals surface area contributed by atoms with Crippen LogP contribution in [0, 0.1) is 27.9 Å². The topological polar surface area (TPSA) is 60.2 Å². The number of nitro groups is 1. The lowest BCUT2D eigenvalue weighted by atomic mass is 9.81. The number of Topliss-reactive ketones (excluding diaryl/α,β-unsaturated/α-hetero) is 1. The molecular weight excluding hydrogens is 299 g/mol. The third-order valence-electron chi connectivity index (χ3n) is 3.68. The minimum atomic E-state index is -4.77. The molecule has 0 aromatic carbocycles. The number of nitrogens with zero attached hydrogens (tertiary/aromatic N) is 1. The maximum absolute atomic E-state index is 12.8. The monoisotopic (exact) mass is 313 g/mol. The lowest BCUT2D eigenvalue weighted by molar-refractivity contribution is -0.497. The van der Waals surface area contributed by atoms with Crippen molar-refractivity contribution >= 4 is 5.78 Å².